The van der Waals surface area contributed by atoms with Gasteiger partial charge < -0.3 is 54.4 Å². The number of nitrogens with one attached hydrogen (secondary N) is 2. The molecular weight excluding hydrogens is 877 g/mol. The number of piperidine rings is 1. The number of aliphatic hydroxyl groups is 4. The maximum atomic E-state index is 14.8. The zero-order valence-corrected chi connectivity index (χ0v) is 39.1. The van der Waals surface area contributed by atoms with Crippen molar-refractivity contribution < 1.29 is 57.4 Å². The Bertz CT molecular complexity index is 2980. The van der Waals surface area contributed by atoms with Crippen LogP contribution >= 0.6 is 0 Å². The number of allylic oxidation sites excluding steroid dienone is 2. The maximum Gasteiger partial charge on any atom is 0.307 e. The lowest BCUT2D eigenvalue weighted by Gasteiger charge is -2.36. The Morgan fingerprint density at radius 3 is 2.23 bits per heavy atom. The van der Waals surface area contributed by atoms with Gasteiger partial charge in [-0.1, -0.05) is 45.9 Å². The number of sulfonamides is 1. The van der Waals surface area contributed by atoms with Crippen LogP contribution in [0.15, 0.2) is 62.3 Å². The number of ether oxygens (including phenoxy) is 3. The van der Waals surface area contributed by atoms with Crippen LogP contribution in [0.4, 0.5) is 11.4 Å². The predicted molar refractivity (Wildman–Crippen MR) is 249 cm³/mol. The van der Waals surface area contributed by atoms with E-state index >= 15 is 0 Å². The number of benzene rings is 3. The summed E-state index contributed by atoms with van der Waals surface area (Å²) < 4.78 is 50.8. The Morgan fingerprint density at radius 1 is 0.924 bits per heavy atom. The molecular formula is C47H58N4O14S. The van der Waals surface area contributed by atoms with Gasteiger partial charge in [-0.3, -0.25) is 14.4 Å². The van der Waals surface area contributed by atoms with Crippen molar-refractivity contribution in [1.82, 2.24) is 9.71 Å². The molecule has 3 aliphatic heterocycles. The fourth-order valence-electron chi connectivity index (χ4n) is 9.23. The van der Waals surface area contributed by atoms with Crippen molar-refractivity contribution in [2.75, 3.05) is 36.7 Å². The minimum Gasteiger partial charge on any atom is -0.507 e. The van der Waals surface area contributed by atoms with Gasteiger partial charge in [0.2, 0.25) is 20.9 Å². The molecule has 4 heterocycles. The average Bonchev–Trinajstić information content (AvgIpc) is 3.54. The molecule has 18 nitrogen and oxygen atoms in total. The van der Waals surface area contributed by atoms with Gasteiger partial charge in [0.25, 0.3) is 5.91 Å². The molecule has 0 spiro atoms. The Balaban J connectivity index is 1.45. The summed E-state index contributed by atoms with van der Waals surface area (Å²) in [5.74, 6) is -6.48. The third kappa shape index (κ3) is 8.87. The number of phenolic OH excluding ortho intramolecular Hbond substituents is 1. The van der Waals surface area contributed by atoms with Crippen molar-refractivity contribution in [3.05, 3.63) is 79.5 Å². The van der Waals surface area contributed by atoms with Gasteiger partial charge in [0.1, 0.15) is 22.7 Å². The third-order valence-corrected chi connectivity index (χ3v) is 14.2. The van der Waals surface area contributed by atoms with Gasteiger partial charge in [-0.05, 0) is 32.8 Å². The molecule has 1 fully saturated rings. The lowest BCUT2D eigenvalue weighted by atomic mass is 9.78. The number of aliphatic hydroxyl groups excluding tert-OH is 4. The number of hydrogen-bond acceptors (Lipinski definition) is 16. The van der Waals surface area contributed by atoms with Crippen molar-refractivity contribution in [3.63, 3.8) is 0 Å². The monoisotopic (exact) mass is 934 g/mol. The van der Waals surface area contributed by atoms with Crippen LogP contribution in [-0.2, 0) is 24.3 Å². The second-order valence-corrected chi connectivity index (χ2v) is 19.9. The smallest absolute Gasteiger partial charge is 0.307 e. The summed E-state index contributed by atoms with van der Waals surface area (Å²) in [5.41, 5.74) is -2.00. The van der Waals surface area contributed by atoms with Crippen molar-refractivity contribution in [2.45, 2.75) is 97.6 Å². The van der Waals surface area contributed by atoms with Crippen LogP contribution in [0.3, 0.4) is 0 Å². The third-order valence-electron chi connectivity index (χ3n) is 13.4. The molecule has 66 heavy (non-hydrogen) atoms. The summed E-state index contributed by atoms with van der Waals surface area (Å²) in [7, 11) is -2.00. The highest BCUT2D eigenvalue weighted by Gasteiger charge is 2.44. The number of methoxy groups -OCH3 is 1. The van der Waals surface area contributed by atoms with Crippen molar-refractivity contribution in [3.8, 4) is 11.5 Å². The van der Waals surface area contributed by atoms with Crippen LogP contribution < -0.4 is 35.8 Å². The normalized spacial score (nSPS) is 30.3. The molecule has 0 unspecified atom stereocenters. The summed E-state index contributed by atoms with van der Waals surface area (Å²) in [5, 5.41) is 60.0. The van der Waals surface area contributed by atoms with Crippen molar-refractivity contribution in [1.29, 1.82) is 0 Å². The fraction of sp³-hybridized carbons (Fsp3) is 0.489. The number of fused-ring (bicyclic) bond motifs is 2. The molecule has 19 heteroatoms. The maximum absolute atomic E-state index is 14.8. The van der Waals surface area contributed by atoms with Gasteiger partial charge in [0.15, 0.2) is 22.4 Å². The van der Waals surface area contributed by atoms with Crippen molar-refractivity contribution in [2.24, 2.45) is 23.7 Å². The summed E-state index contributed by atoms with van der Waals surface area (Å²) in [4.78, 5) is 49.4. The number of carbonyl (C=O) groups excluding carboxylic acids is 1. The lowest BCUT2D eigenvalue weighted by molar-refractivity contribution is -0.112. The zero-order valence-electron chi connectivity index (χ0n) is 38.3. The second kappa shape index (κ2) is 18.3. The molecule has 356 valence electrons. The minimum absolute atomic E-state index is 0.0350. The Hall–Kier alpha value is -5.57. The Morgan fingerprint density at radius 2 is 1.58 bits per heavy atom. The molecule has 0 radical (unpaired) electrons. The van der Waals surface area contributed by atoms with Crippen molar-refractivity contribution >= 4 is 66.0 Å². The molecule has 0 aliphatic carbocycles. The first-order chi connectivity index (χ1) is 31.0. The van der Waals surface area contributed by atoms with E-state index in [9.17, 15) is 48.3 Å². The van der Waals surface area contributed by atoms with Crippen LogP contribution in [0.25, 0.3) is 38.7 Å². The number of carbonyl (C=O) groups is 1. The largest absolute Gasteiger partial charge is 0.507 e. The number of anilines is 2. The Labute approximate surface area is 380 Å². The minimum atomic E-state index is -3.43. The van der Waals surface area contributed by atoms with E-state index in [1.807, 2.05) is 4.90 Å². The number of hydrogen-bond donors (Lipinski definition) is 7. The standard InChI is InChI=1S/C47H58N4O14S/c1-21-11-10-12-22(2)46(59)49-37-42(57)33-32(36-44(37)64-31-20-28(19-29(52)35(31)48-36)51-16-13-27(14-17-51)50-66(9,60)61)34-43(26(6)41(33)56)65-47(7,45(34)58)63-18-15-30(62-8)23(3)39(54)25(5)40(55)24(4)38(21)53/h10-12,15,18-21,23-25,27,30,38-40,50,53-56,58H,13-14,16-17H2,1-9H3,(H,49,59)/b11-10+,18-15+,22-12-/t21-,23+,24+,25-,30-,38-,39+,40+,47-/m0/s1. The molecule has 0 saturated carbocycles. The van der Waals surface area contributed by atoms with Crippen LogP contribution in [-0.4, -0.2) is 108 Å². The van der Waals surface area contributed by atoms with Crippen LogP contribution in [0, 0.1) is 30.6 Å². The Kier molecular flexibility index (Phi) is 13.4. The highest BCUT2D eigenvalue weighted by molar-refractivity contribution is 7.88. The average molecular weight is 935 g/mol. The summed E-state index contributed by atoms with van der Waals surface area (Å²) in [6.45, 7) is 12.0. The first-order valence-electron chi connectivity index (χ1n) is 21.8. The predicted octanol–water partition coefficient (Wildman–Crippen LogP) is 3.51. The molecule has 1 aromatic heterocycles. The number of aromatic nitrogens is 1. The van der Waals surface area contributed by atoms with E-state index in [4.69, 9.17) is 23.6 Å². The van der Waals surface area contributed by atoms with E-state index in [-0.39, 0.29) is 61.1 Å². The van der Waals surface area contributed by atoms with E-state index in [1.54, 1.807) is 45.9 Å². The number of phenols is 1. The van der Waals surface area contributed by atoms with Gasteiger partial charge in [-0.15, -0.1) is 0 Å². The quantitative estimate of drug-likeness (QED) is 0.114. The zero-order chi connectivity index (χ0) is 48.3. The number of amides is 1. The first-order valence-corrected chi connectivity index (χ1v) is 23.7. The van der Waals surface area contributed by atoms with Gasteiger partial charge in [-0.25, -0.2) is 18.1 Å². The highest BCUT2D eigenvalue weighted by Crippen LogP contribution is 2.42. The lowest BCUT2D eigenvalue weighted by Crippen LogP contribution is -2.44. The topological polar surface area (TPSA) is 268 Å². The van der Waals surface area contributed by atoms with E-state index in [0.29, 0.717) is 31.6 Å². The van der Waals surface area contributed by atoms with Crippen LogP contribution in [0.5, 0.6) is 11.5 Å². The summed E-state index contributed by atoms with van der Waals surface area (Å²) in [6, 6.07) is 2.64. The fourth-order valence-corrected chi connectivity index (χ4v) is 10.1. The number of rotatable bonds is 4. The summed E-state index contributed by atoms with van der Waals surface area (Å²) in [6.07, 6.45) is 5.28. The molecule has 3 aliphatic rings. The van der Waals surface area contributed by atoms with Gasteiger partial charge in [-0.2, -0.15) is 0 Å². The molecule has 4 bridgehead atoms. The molecule has 7 rings (SSSR count). The highest BCUT2D eigenvalue weighted by atomic mass is 32.2. The molecule has 1 saturated heterocycles. The van der Waals surface area contributed by atoms with E-state index < -0.39 is 97.9 Å². The molecule has 1 amide bonds. The molecule has 9 atom stereocenters. The molecule has 4 aromatic rings. The first kappa shape index (κ1) is 48.4. The van der Waals surface area contributed by atoms with Crippen LogP contribution in [0.2, 0.25) is 0 Å². The van der Waals surface area contributed by atoms with E-state index in [1.165, 1.54) is 52.4 Å². The number of nitrogens with zero attached hydrogens (tertiary/aromatic N) is 2. The van der Waals surface area contributed by atoms with Gasteiger partial charge >= 0.3 is 5.79 Å². The van der Waals surface area contributed by atoms with E-state index in [0.717, 1.165) is 6.26 Å². The number of aromatic hydroxyl groups is 1. The molecule has 7 N–H and O–H groups in total. The van der Waals surface area contributed by atoms with Gasteiger partial charge in [0, 0.05) is 91.2 Å². The molecule has 3 aromatic carbocycles. The van der Waals surface area contributed by atoms with E-state index in [2.05, 4.69) is 10.0 Å². The summed E-state index contributed by atoms with van der Waals surface area (Å²) >= 11 is 0. The van der Waals surface area contributed by atoms with Gasteiger partial charge in [0.05, 0.1) is 47.5 Å². The second-order valence-electron chi connectivity index (χ2n) is 18.1. The SMILES string of the molecule is CO[C@H]1/C=C/O[C@@]2(C)Oc3c(C)c(O)c4c(=O)c(c5oc6cc(N7CCC(NS(C)(=O)=O)CC7)cc(=O)c6nc5c4c3=C2O)NC(=O)/C(C)=C\C=C\[C@H](C)[C@H](O)[C@@H](C)[C@@H](O)[C@@H](C)[C@H](O)[C@@H]1C. The van der Waals surface area contributed by atoms with Crippen LogP contribution in [0.1, 0.15) is 59.9 Å².